The normalized spacial score (nSPS) is 11.7. The maximum Gasteiger partial charge on any atom is 0.320 e. The van der Waals surface area contributed by atoms with Crippen molar-refractivity contribution in [3.05, 3.63) is 0 Å². The average molecular weight is 966 g/mol. The zero-order valence-electron chi connectivity index (χ0n) is 39.2. The first-order valence-corrected chi connectivity index (χ1v) is 24.5. The quantitative estimate of drug-likeness (QED) is 0.0256. The Kier molecular flexibility index (Phi) is 48.7. The zero-order valence-corrected chi connectivity index (χ0v) is 41.2. The van der Waals surface area contributed by atoms with Gasteiger partial charge in [0.15, 0.2) is 0 Å². The van der Waals surface area contributed by atoms with E-state index in [1.165, 1.54) is 128 Å². The van der Waals surface area contributed by atoms with E-state index in [2.05, 4.69) is 13.8 Å². The summed E-state index contributed by atoms with van der Waals surface area (Å²) in [5.74, 6) is -3.18. The Morgan fingerprint density at radius 2 is 0.887 bits per heavy atom. The molecule has 0 amide bonds. The molecule has 0 aliphatic rings. The van der Waals surface area contributed by atoms with Crippen LogP contribution in [0.25, 0.3) is 0 Å². The van der Waals surface area contributed by atoms with Gasteiger partial charge in [0.05, 0.1) is 32.6 Å². The number of hydrogen-bond acceptors (Lipinski definition) is 11. The van der Waals surface area contributed by atoms with Gasteiger partial charge in [0.25, 0.3) is 0 Å². The monoisotopic (exact) mass is 968 g/mol. The van der Waals surface area contributed by atoms with Crippen molar-refractivity contribution >= 4 is 30.2 Å². The molecule has 0 bridgehead atoms. The van der Waals surface area contributed by atoms with Crippen molar-refractivity contribution in [2.45, 2.75) is 206 Å². The minimum Gasteiger partial charge on any atom is -0.541 e. The maximum atomic E-state index is 12.6. The summed E-state index contributed by atoms with van der Waals surface area (Å²) in [7, 11) is 0. The molecule has 0 spiro atoms. The summed E-state index contributed by atoms with van der Waals surface area (Å²) < 4.78 is 22.1. The molecule has 1 unspecified atom stereocenters. The van der Waals surface area contributed by atoms with E-state index < -0.39 is 31.1 Å². The fourth-order valence-corrected chi connectivity index (χ4v) is 7.37. The van der Waals surface area contributed by atoms with Gasteiger partial charge in [0.2, 0.25) is 0 Å². The SMILES string of the molecule is CCCCCCCCCCCCCCOCCOC(=O)CCN(CCCCC(C(=O)O)N(C[C-]=O)CC(=O)O)CCC(=O)OCCOCCCCCCCCCCCCCC.[Mo]. The number of hydrogen-bond donors (Lipinski definition) is 2. The Hall–Kier alpha value is -1.92. The van der Waals surface area contributed by atoms with Crippen LogP contribution in [-0.4, -0.2) is 129 Å². The van der Waals surface area contributed by atoms with Crippen LogP contribution in [0.1, 0.15) is 200 Å². The Morgan fingerprint density at radius 3 is 1.24 bits per heavy atom. The van der Waals surface area contributed by atoms with Crippen molar-refractivity contribution in [3.8, 4) is 0 Å². The third kappa shape index (κ3) is 43.3. The molecule has 62 heavy (non-hydrogen) atoms. The van der Waals surface area contributed by atoms with Gasteiger partial charge in [-0.1, -0.05) is 168 Å². The Bertz CT molecular complexity index is 1000. The van der Waals surface area contributed by atoms with Gasteiger partial charge in [0.1, 0.15) is 19.3 Å². The molecule has 0 saturated heterocycles. The molecule has 0 heterocycles. The van der Waals surface area contributed by atoms with Gasteiger partial charge >= 0.3 is 23.9 Å². The summed E-state index contributed by atoms with van der Waals surface area (Å²) in [5, 5.41) is 18.9. The molecule has 0 rings (SSSR count). The standard InChI is InChI=1S/C48H89N2O11.Mo/c1-3-5-7-9-11-13-15-17-19-21-23-27-37-58-39-41-60-46(54)30-33-49(32-26-25-29-44(48(56)57)50(35-36-51)43-45(52)53)34-31-47(55)61-42-40-59-38-28-24-22-20-18-16-14-12-10-8-6-4-2;/h44H,3-35,37-43H2,1-2H3,(H,52,53)(H,56,57);/q-1;. The van der Waals surface area contributed by atoms with Crippen LogP contribution in [0.2, 0.25) is 0 Å². The van der Waals surface area contributed by atoms with Crippen LogP contribution in [0.15, 0.2) is 0 Å². The maximum absolute atomic E-state index is 12.6. The number of ether oxygens (including phenoxy) is 4. The van der Waals surface area contributed by atoms with Crippen LogP contribution in [-0.2, 0) is 64.0 Å². The Morgan fingerprint density at radius 1 is 0.500 bits per heavy atom. The minimum absolute atomic E-state index is 0. The van der Waals surface area contributed by atoms with E-state index >= 15 is 0 Å². The fraction of sp³-hybridized carbons (Fsp3) is 0.896. The number of carboxylic acid groups (broad SMARTS) is 2. The van der Waals surface area contributed by atoms with E-state index in [1.54, 1.807) is 6.29 Å². The summed E-state index contributed by atoms with van der Waals surface area (Å²) in [6, 6.07) is -1.15. The van der Waals surface area contributed by atoms with E-state index in [9.17, 15) is 34.2 Å². The molecule has 0 aliphatic carbocycles. The largest absolute Gasteiger partial charge is 0.541 e. The summed E-state index contributed by atoms with van der Waals surface area (Å²) in [5.41, 5.74) is 0. The number of nitrogens with zero attached hydrogens (tertiary/aromatic N) is 2. The first-order chi connectivity index (χ1) is 29.7. The van der Waals surface area contributed by atoms with Crippen LogP contribution in [0.4, 0.5) is 0 Å². The van der Waals surface area contributed by atoms with E-state index in [-0.39, 0.29) is 65.5 Å². The smallest absolute Gasteiger partial charge is 0.320 e. The minimum atomic E-state index is -1.23. The Labute approximate surface area is 391 Å². The van der Waals surface area contributed by atoms with Crippen molar-refractivity contribution in [3.63, 3.8) is 0 Å². The van der Waals surface area contributed by atoms with Crippen LogP contribution in [0.5, 0.6) is 0 Å². The molecule has 0 saturated carbocycles. The number of rotatable bonds is 49. The number of unbranched alkanes of at least 4 members (excludes halogenated alkanes) is 23. The van der Waals surface area contributed by atoms with Gasteiger partial charge in [-0.05, 0) is 32.2 Å². The number of carbonyl (C=O) groups is 4. The van der Waals surface area contributed by atoms with Crippen molar-refractivity contribution in [1.82, 2.24) is 9.80 Å². The van der Waals surface area contributed by atoms with E-state index in [1.807, 2.05) is 4.90 Å². The molecular weight excluding hydrogens is 876 g/mol. The molecule has 0 radical (unpaired) electrons. The summed E-state index contributed by atoms with van der Waals surface area (Å²) >= 11 is 0. The third-order valence-electron chi connectivity index (χ3n) is 11.1. The molecule has 2 N–H and O–H groups in total. The van der Waals surface area contributed by atoms with Crippen molar-refractivity contribution < 1.29 is 74.2 Å². The van der Waals surface area contributed by atoms with Crippen molar-refractivity contribution in [2.24, 2.45) is 0 Å². The Balaban J connectivity index is 0. The van der Waals surface area contributed by atoms with Crippen molar-refractivity contribution in [2.75, 3.05) is 72.4 Å². The number of carbonyl (C=O) groups excluding carboxylic acids is 3. The second kappa shape index (κ2) is 48.5. The van der Waals surface area contributed by atoms with E-state index in [0.717, 1.165) is 30.6 Å². The molecule has 0 aromatic rings. The second-order valence-corrected chi connectivity index (χ2v) is 16.6. The molecular formula is C48H89MoN2O11-. The average Bonchev–Trinajstić information content (AvgIpc) is 3.23. The van der Waals surface area contributed by atoms with Crippen LogP contribution in [0.3, 0.4) is 0 Å². The van der Waals surface area contributed by atoms with Gasteiger partial charge in [-0.3, -0.25) is 19.2 Å². The molecule has 0 aromatic heterocycles. The topological polar surface area (TPSA) is 169 Å². The third-order valence-corrected chi connectivity index (χ3v) is 11.1. The number of aliphatic carboxylic acids is 2. The van der Waals surface area contributed by atoms with Gasteiger partial charge < -0.3 is 43.8 Å². The predicted octanol–water partition coefficient (Wildman–Crippen LogP) is 9.71. The molecule has 0 aromatic carbocycles. The zero-order chi connectivity index (χ0) is 44.9. The van der Waals surface area contributed by atoms with Gasteiger partial charge in [-0.2, -0.15) is 0 Å². The summed E-state index contributed by atoms with van der Waals surface area (Å²) in [6.07, 6.45) is 33.6. The van der Waals surface area contributed by atoms with Crippen LogP contribution >= 0.6 is 0 Å². The van der Waals surface area contributed by atoms with E-state index in [0.29, 0.717) is 58.9 Å². The fourth-order valence-electron chi connectivity index (χ4n) is 7.37. The van der Waals surface area contributed by atoms with Crippen LogP contribution < -0.4 is 0 Å². The first-order valence-electron chi connectivity index (χ1n) is 24.5. The first kappa shape index (κ1) is 62.2. The summed E-state index contributed by atoms with van der Waals surface area (Å²) in [6.45, 7) is 6.95. The molecule has 1 atom stereocenters. The molecule has 364 valence electrons. The van der Waals surface area contributed by atoms with E-state index in [4.69, 9.17) is 18.9 Å². The molecule has 0 aliphatic heterocycles. The van der Waals surface area contributed by atoms with Crippen molar-refractivity contribution in [1.29, 1.82) is 0 Å². The molecule has 14 heteroatoms. The van der Waals surface area contributed by atoms with Crippen LogP contribution in [0, 0.1) is 0 Å². The van der Waals surface area contributed by atoms with Gasteiger partial charge in [-0.15, -0.1) is 0 Å². The van der Waals surface area contributed by atoms with Gasteiger partial charge in [0, 0.05) is 47.4 Å². The predicted molar refractivity (Wildman–Crippen MR) is 242 cm³/mol. The number of carboxylic acids is 2. The molecule has 0 fully saturated rings. The second-order valence-electron chi connectivity index (χ2n) is 16.6. The van der Waals surface area contributed by atoms with Gasteiger partial charge in [-0.25, -0.2) is 6.29 Å². The number of esters is 2. The molecule has 13 nitrogen and oxygen atoms in total. The summed E-state index contributed by atoms with van der Waals surface area (Å²) in [4.78, 5) is 62.3.